The van der Waals surface area contributed by atoms with Crippen LogP contribution in [0.2, 0.25) is 5.39 Å². The Kier molecular flexibility index (Phi) is 8.69. The molecule has 0 radical (unpaired) electrons. The first-order valence-electron chi connectivity index (χ1n) is 7.68. The van der Waals surface area contributed by atoms with E-state index in [9.17, 15) is 19.5 Å². The molecule has 0 saturated carbocycles. The van der Waals surface area contributed by atoms with E-state index in [0.29, 0.717) is 16.7 Å². The maximum atomic E-state index is 10.6. The minimum absolute atomic E-state index is 0.200. The fourth-order valence-electron chi connectivity index (χ4n) is 2.07. The topological polar surface area (TPSA) is 92.7 Å². The number of phenolic OH excluding ortho intramolecular Hbond substituents is 1. The van der Waals surface area contributed by atoms with Crippen LogP contribution >= 0.6 is 7.82 Å². The third kappa shape index (κ3) is 8.14. The second-order valence-corrected chi connectivity index (χ2v) is 9.33. The van der Waals surface area contributed by atoms with Gasteiger partial charge in [0.05, 0.1) is 14.4 Å². The standard InChI is InChI=1S/C15H25O5P.C2H5.Ni/c1-14(2,3)11-7-10(9-20-21(17,18)19)8-12(13(11)16)15(4,5)6;1-2;/h7-8,16H,9H2,1-6H3,(H2,17,18,19);1H2,2H3;/q;;+2/p-2. The van der Waals surface area contributed by atoms with Crippen molar-refractivity contribution in [3.05, 3.63) is 28.8 Å². The van der Waals surface area contributed by atoms with E-state index in [1.54, 1.807) is 12.1 Å². The molecule has 1 N–H and O–H groups in total. The number of phosphoric ester groups is 1. The van der Waals surface area contributed by atoms with Gasteiger partial charge in [-0.25, -0.2) is 0 Å². The average Bonchev–Trinajstić information content (AvgIpc) is 2.34. The molecule has 0 spiro atoms. The minimum atomic E-state index is -5.02. The van der Waals surface area contributed by atoms with Crippen molar-refractivity contribution in [3.63, 3.8) is 0 Å². The van der Waals surface area contributed by atoms with Gasteiger partial charge in [0, 0.05) is 0 Å². The molecule has 24 heavy (non-hydrogen) atoms. The first-order chi connectivity index (χ1) is 10.6. The van der Waals surface area contributed by atoms with E-state index >= 15 is 0 Å². The Bertz CT molecular complexity index is 547. The summed E-state index contributed by atoms with van der Waals surface area (Å²) >= 11 is 4.17. The molecular weight excluding hydrogens is 374 g/mol. The van der Waals surface area contributed by atoms with Crippen molar-refractivity contribution >= 4 is 7.82 Å². The van der Waals surface area contributed by atoms with Crippen molar-refractivity contribution in [2.45, 2.75) is 71.3 Å². The van der Waals surface area contributed by atoms with Crippen LogP contribution in [0, 0.1) is 0 Å². The fraction of sp³-hybridized carbons (Fsp3) is 0.647. The Morgan fingerprint density at radius 2 is 1.42 bits per heavy atom. The first-order valence-corrected chi connectivity index (χ1v) is 9.84. The molecular formula is C17H28NiO5P. The number of aromatic hydroxyl groups is 1. The van der Waals surface area contributed by atoms with Crippen molar-refractivity contribution in [3.8, 4) is 5.75 Å². The number of benzene rings is 1. The van der Waals surface area contributed by atoms with Crippen LogP contribution in [-0.4, -0.2) is 5.11 Å². The van der Waals surface area contributed by atoms with Gasteiger partial charge in [-0.2, -0.15) is 0 Å². The summed E-state index contributed by atoms with van der Waals surface area (Å²) in [6, 6.07) is 3.36. The summed E-state index contributed by atoms with van der Waals surface area (Å²) in [5, 5.41) is 11.4. The number of hydrogen-bond acceptors (Lipinski definition) is 5. The van der Waals surface area contributed by atoms with Gasteiger partial charge >= 0.3 is 27.8 Å². The van der Waals surface area contributed by atoms with Gasteiger partial charge in [-0.05, 0) is 39.7 Å². The molecule has 0 fully saturated rings. The Morgan fingerprint density at radius 1 is 1.08 bits per heavy atom. The van der Waals surface area contributed by atoms with Gasteiger partial charge in [-0.1, -0.05) is 41.5 Å². The van der Waals surface area contributed by atoms with Crippen molar-refractivity contribution in [1.82, 2.24) is 0 Å². The Morgan fingerprint density at radius 3 is 1.67 bits per heavy atom. The average molecular weight is 402 g/mol. The molecule has 0 bridgehead atoms. The van der Waals surface area contributed by atoms with E-state index in [0.717, 1.165) is 5.39 Å². The number of rotatable bonds is 3. The summed E-state index contributed by atoms with van der Waals surface area (Å²) in [5.41, 5.74) is 1.30. The number of phosphoric acid groups is 1. The van der Waals surface area contributed by atoms with E-state index < -0.39 is 7.82 Å². The Hall–Kier alpha value is -0.376. The van der Waals surface area contributed by atoms with Crippen LogP contribution in [0.3, 0.4) is 0 Å². The van der Waals surface area contributed by atoms with Crippen LogP contribution < -0.4 is 9.79 Å². The van der Waals surface area contributed by atoms with Gasteiger partial charge in [-0.15, -0.1) is 0 Å². The number of hydrogen-bond donors (Lipinski definition) is 1. The molecule has 141 valence electrons. The molecule has 1 aromatic carbocycles. The second-order valence-electron chi connectivity index (χ2n) is 7.48. The SMILES string of the molecule is CC(C)(C)c1cc(COP(=O)([O-])[O-])cc(C(C)(C)C)c1O.C[CH2][Ni+2]. The zero-order valence-electron chi connectivity index (χ0n) is 15.4. The van der Waals surface area contributed by atoms with Gasteiger partial charge < -0.3 is 24.0 Å². The van der Waals surface area contributed by atoms with Crippen LogP contribution in [-0.2, 0) is 42.0 Å². The molecule has 0 saturated heterocycles. The predicted molar refractivity (Wildman–Crippen MR) is 88.4 cm³/mol. The molecule has 0 unspecified atom stereocenters. The third-order valence-electron chi connectivity index (χ3n) is 3.18. The normalized spacial score (nSPS) is 12.6. The first kappa shape index (κ1) is 23.6. The second kappa shape index (κ2) is 8.82. The molecule has 0 aromatic heterocycles. The van der Waals surface area contributed by atoms with Crippen LogP contribution in [0.15, 0.2) is 12.1 Å². The molecule has 1 aromatic rings. The summed E-state index contributed by atoms with van der Waals surface area (Å²) in [6.07, 6.45) is 0. The molecule has 0 heterocycles. The Balaban J connectivity index is 0.00000163. The van der Waals surface area contributed by atoms with Crippen molar-refractivity contribution in [2.75, 3.05) is 0 Å². The van der Waals surface area contributed by atoms with Gasteiger partial charge in [0.25, 0.3) is 0 Å². The van der Waals surface area contributed by atoms with Crippen molar-refractivity contribution in [1.29, 1.82) is 0 Å². The van der Waals surface area contributed by atoms with E-state index in [2.05, 4.69) is 20.0 Å². The van der Waals surface area contributed by atoms with Crippen LogP contribution in [0.25, 0.3) is 0 Å². The summed E-state index contributed by atoms with van der Waals surface area (Å²) in [4.78, 5) is 21.3. The van der Waals surface area contributed by atoms with Gasteiger partial charge in [0.2, 0.25) is 0 Å². The third-order valence-corrected chi connectivity index (χ3v) is 3.62. The van der Waals surface area contributed by atoms with Crippen LogP contribution in [0.5, 0.6) is 5.75 Å². The van der Waals surface area contributed by atoms with Crippen molar-refractivity contribution in [2.24, 2.45) is 0 Å². The summed E-state index contributed by atoms with van der Waals surface area (Å²) in [7, 11) is -5.02. The monoisotopic (exact) mass is 401 g/mol. The van der Waals surface area contributed by atoms with E-state index in [1.807, 2.05) is 48.5 Å². The molecule has 0 aliphatic carbocycles. The quantitative estimate of drug-likeness (QED) is 0.619. The van der Waals surface area contributed by atoms with Crippen molar-refractivity contribution < 1.29 is 39.4 Å². The van der Waals surface area contributed by atoms with E-state index in [4.69, 9.17) is 0 Å². The van der Waals surface area contributed by atoms with Gasteiger partial charge in [0.1, 0.15) is 5.75 Å². The zero-order chi connectivity index (χ0) is 19.3. The molecule has 5 nitrogen and oxygen atoms in total. The summed E-state index contributed by atoms with van der Waals surface area (Å²) in [6.45, 7) is 13.3. The van der Waals surface area contributed by atoms with Gasteiger partial charge in [0.15, 0.2) is 0 Å². The summed E-state index contributed by atoms with van der Waals surface area (Å²) < 4.78 is 15.0. The van der Waals surface area contributed by atoms with Crippen LogP contribution in [0.1, 0.15) is 65.2 Å². The Labute approximate surface area is 153 Å². The molecule has 0 aliphatic rings. The van der Waals surface area contributed by atoms with Crippen LogP contribution in [0.4, 0.5) is 0 Å². The summed E-state index contributed by atoms with van der Waals surface area (Å²) in [5.74, 6) is 0.200. The maximum absolute atomic E-state index is 10.6. The number of phenols is 1. The molecule has 0 amide bonds. The molecule has 0 atom stereocenters. The molecule has 7 heteroatoms. The fourth-order valence-corrected chi connectivity index (χ4v) is 2.38. The van der Waals surface area contributed by atoms with E-state index in [-0.39, 0.29) is 23.2 Å². The predicted octanol–water partition coefficient (Wildman–Crippen LogP) is 3.30. The molecule has 0 aliphatic heterocycles. The zero-order valence-corrected chi connectivity index (χ0v) is 17.3. The molecule has 1 rings (SSSR count). The van der Waals surface area contributed by atoms with Gasteiger partial charge in [-0.3, -0.25) is 0 Å². The van der Waals surface area contributed by atoms with E-state index in [1.165, 1.54) is 0 Å².